The van der Waals surface area contributed by atoms with Gasteiger partial charge < -0.3 is 5.32 Å². The van der Waals surface area contributed by atoms with Crippen molar-refractivity contribution in [1.82, 2.24) is 15.7 Å². The minimum Gasteiger partial charge on any atom is -0.341 e. The molecule has 0 atom stereocenters. The fraction of sp³-hybridized carbons (Fsp3) is 0.400. The van der Waals surface area contributed by atoms with Crippen molar-refractivity contribution in [3.63, 3.8) is 0 Å². The molecule has 0 aromatic rings. The number of rotatable bonds is 1. The van der Waals surface area contributed by atoms with Gasteiger partial charge in [0.05, 0.1) is 0 Å². The molecule has 2 N–H and O–H groups in total. The summed E-state index contributed by atoms with van der Waals surface area (Å²) in [5, 5.41) is 10.1. The van der Waals surface area contributed by atoms with Crippen LogP contribution in [0.3, 0.4) is 0 Å². The summed E-state index contributed by atoms with van der Waals surface area (Å²) in [7, 11) is 2.60. The Labute approximate surface area is 68.8 Å². The van der Waals surface area contributed by atoms with Crippen molar-refractivity contribution in [2.45, 2.75) is 0 Å². The quantitative estimate of drug-likeness (QED) is 0.407. The molecule has 0 aliphatic heterocycles. The van der Waals surface area contributed by atoms with Gasteiger partial charge in [-0.25, -0.2) is 14.5 Å². The molecular weight excluding hydrogens is 164 g/mol. The molecule has 0 saturated carbocycles. The molecule has 12 heavy (non-hydrogen) atoms. The van der Waals surface area contributed by atoms with Crippen molar-refractivity contribution >= 4 is 12.1 Å². The van der Waals surface area contributed by atoms with Gasteiger partial charge in [-0.1, -0.05) is 0 Å². The molecule has 0 fully saturated rings. The average molecular weight is 172 g/mol. The second-order valence-corrected chi connectivity index (χ2v) is 1.71. The number of hydrogen-bond donors (Lipinski definition) is 2. The Bertz CT molecular complexity index is 221. The first-order chi connectivity index (χ1) is 5.63. The highest BCUT2D eigenvalue weighted by Gasteiger charge is 2.14. The molecule has 0 aliphatic rings. The molecule has 0 bridgehead atoms. The number of nitrogens with one attached hydrogen (secondary N) is 2. The molecule has 0 spiro atoms. The van der Waals surface area contributed by atoms with Gasteiger partial charge in [0.25, 0.3) is 0 Å². The summed E-state index contributed by atoms with van der Waals surface area (Å²) in [6, 6.07) is -1.43. The maximum absolute atomic E-state index is 10.8. The van der Waals surface area contributed by atoms with E-state index in [1.807, 2.05) is 0 Å². The van der Waals surface area contributed by atoms with Crippen molar-refractivity contribution in [3.05, 3.63) is 0 Å². The van der Waals surface area contributed by atoms with Crippen molar-refractivity contribution < 1.29 is 14.4 Å². The van der Waals surface area contributed by atoms with Gasteiger partial charge >= 0.3 is 18.3 Å². The number of nitriles is 1. The minimum atomic E-state index is -0.823. The Morgan fingerprint density at radius 1 is 1.50 bits per heavy atom. The van der Waals surface area contributed by atoms with Crippen LogP contribution in [0.1, 0.15) is 0 Å². The smallest absolute Gasteiger partial charge is 0.341 e. The average Bonchev–Trinajstić information content (AvgIpc) is 2.11. The van der Waals surface area contributed by atoms with E-state index in [0.717, 1.165) is 4.90 Å². The van der Waals surface area contributed by atoms with Crippen molar-refractivity contribution in [2.75, 3.05) is 14.1 Å². The lowest BCUT2D eigenvalue weighted by atomic mass is 10.7. The molecule has 4 amide bonds. The van der Waals surface area contributed by atoms with Gasteiger partial charge in [-0.2, -0.15) is 5.48 Å². The number of imide groups is 1. The monoisotopic (exact) mass is 172 g/mol. The van der Waals surface area contributed by atoms with E-state index in [0.29, 0.717) is 0 Å². The highest BCUT2D eigenvalue weighted by atomic mass is 16.6. The molecule has 66 valence electrons. The van der Waals surface area contributed by atoms with Crippen LogP contribution >= 0.6 is 0 Å². The molecule has 0 unspecified atom stereocenters. The van der Waals surface area contributed by atoms with Crippen LogP contribution < -0.4 is 10.8 Å². The lowest BCUT2D eigenvalue weighted by Crippen LogP contribution is -2.44. The van der Waals surface area contributed by atoms with E-state index in [1.165, 1.54) is 20.4 Å². The van der Waals surface area contributed by atoms with Gasteiger partial charge in [-0.05, 0) is 0 Å². The predicted molar refractivity (Wildman–Crippen MR) is 37.4 cm³/mol. The molecule has 7 heteroatoms. The second-order valence-electron chi connectivity index (χ2n) is 1.71. The van der Waals surface area contributed by atoms with E-state index in [-0.39, 0.29) is 0 Å². The third-order valence-corrected chi connectivity index (χ3v) is 1.01. The highest BCUT2D eigenvalue weighted by Crippen LogP contribution is 1.84. The molecule has 7 nitrogen and oxygen atoms in total. The Hall–Kier alpha value is -1.97. The summed E-state index contributed by atoms with van der Waals surface area (Å²) in [4.78, 5) is 26.1. The summed E-state index contributed by atoms with van der Waals surface area (Å²) >= 11 is 0. The number of hydrogen-bond acceptors (Lipinski definition) is 4. The van der Waals surface area contributed by atoms with Crippen molar-refractivity contribution in [3.8, 4) is 6.26 Å². The van der Waals surface area contributed by atoms with Gasteiger partial charge in [-0.3, -0.25) is 4.84 Å². The SMILES string of the molecule is CNC(=O)N(C)C(=O)NOC#N. The number of hydroxylamine groups is 1. The predicted octanol–water partition coefficient (Wildman–Crippen LogP) is -0.620. The molecule has 0 saturated heterocycles. The molecule has 0 rings (SSSR count). The zero-order chi connectivity index (χ0) is 9.56. The Balaban J connectivity index is 3.94. The molecule has 0 heterocycles. The van der Waals surface area contributed by atoms with E-state index < -0.39 is 12.1 Å². The number of nitrogens with zero attached hydrogens (tertiary/aromatic N) is 2. The lowest BCUT2D eigenvalue weighted by Gasteiger charge is -2.12. The Morgan fingerprint density at radius 3 is 2.50 bits per heavy atom. The molecule has 0 aromatic heterocycles. The van der Waals surface area contributed by atoms with Crippen LogP contribution in [0, 0.1) is 11.5 Å². The molecular formula is C5H8N4O3. The maximum atomic E-state index is 10.8. The zero-order valence-corrected chi connectivity index (χ0v) is 6.62. The molecule has 0 radical (unpaired) electrons. The Kier molecular flexibility index (Phi) is 4.00. The summed E-state index contributed by atoms with van der Waals surface area (Å²) in [5.41, 5.74) is 1.71. The minimum absolute atomic E-state index is 0.603. The maximum Gasteiger partial charge on any atom is 0.359 e. The van der Waals surface area contributed by atoms with Gasteiger partial charge in [0, 0.05) is 14.1 Å². The number of carbonyl (C=O) groups excluding carboxylic acids is 2. The summed E-state index contributed by atoms with van der Waals surface area (Å²) in [6.45, 7) is 0. The van der Waals surface area contributed by atoms with Crippen LogP contribution in [0.15, 0.2) is 0 Å². The van der Waals surface area contributed by atoms with E-state index >= 15 is 0 Å². The van der Waals surface area contributed by atoms with Gasteiger partial charge in [0.1, 0.15) is 0 Å². The standard InChI is InChI=1S/C5H8N4O3/c1-7-4(10)9(2)5(11)8-12-3-6/h1-2H3,(H,7,10)(H,8,11). The lowest BCUT2D eigenvalue weighted by molar-refractivity contribution is 0.133. The topological polar surface area (TPSA) is 94.5 Å². The highest BCUT2D eigenvalue weighted by molar-refractivity contribution is 5.92. The first kappa shape index (κ1) is 10.0. The third kappa shape index (κ3) is 2.74. The summed E-state index contributed by atoms with van der Waals surface area (Å²) < 4.78 is 0. The van der Waals surface area contributed by atoms with E-state index in [4.69, 9.17) is 5.26 Å². The normalized spacial score (nSPS) is 7.75. The third-order valence-electron chi connectivity index (χ3n) is 1.01. The first-order valence-corrected chi connectivity index (χ1v) is 2.93. The fourth-order valence-corrected chi connectivity index (χ4v) is 0.395. The largest absolute Gasteiger partial charge is 0.359 e. The number of urea groups is 2. The number of amides is 4. The molecule has 0 aliphatic carbocycles. The van der Waals surface area contributed by atoms with Crippen LogP contribution in [0.5, 0.6) is 0 Å². The van der Waals surface area contributed by atoms with Crippen molar-refractivity contribution in [1.29, 1.82) is 5.26 Å². The zero-order valence-electron chi connectivity index (χ0n) is 6.62. The first-order valence-electron chi connectivity index (χ1n) is 2.93. The van der Waals surface area contributed by atoms with Crippen LogP contribution in [-0.4, -0.2) is 31.1 Å². The van der Waals surface area contributed by atoms with Crippen LogP contribution in [-0.2, 0) is 4.84 Å². The van der Waals surface area contributed by atoms with Crippen LogP contribution in [0.4, 0.5) is 9.59 Å². The Morgan fingerprint density at radius 2 is 2.08 bits per heavy atom. The summed E-state index contributed by atoms with van der Waals surface area (Å²) in [6.07, 6.45) is 1.22. The second kappa shape index (κ2) is 4.79. The van der Waals surface area contributed by atoms with E-state index in [1.54, 1.807) is 5.48 Å². The van der Waals surface area contributed by atoms with Gasteiger partial charge in [0.15, 0.2) is 0 Å². The molecule has 0 aromatic carbocycles. The van der Waals surface area contributed by atoms with E-state index in [9.17, 15) is 9.59 Å². The van der Waals surface area contributed by atoms with Crippen molar-refractivity contribution in [2.24, 2.45) is 0 Å². The van der Waals surface area contributed by atoms with Crippen LogP contribution in [0.2, 0.25) is 0 Å². The fourth-order valence-electron chi connectivity index (χ4n) is 0.395. The van der Waals surface area contributed by atoms with Crippen LogP contribution in [0.25, 0.3) is 0 Å². The van der Waals surface area contributed by atoms with E-state index in [2.05, 4.69) is 10.2 Å². The number of carbonyl (C=O) groups is 2. The van der Waals surface area contributed by atoms with Gasteiger partial charge in [-0.15, -0.1) is 5.26 Å². The van der Waals surface area contributed by atoms with Gasteiger partial charge in [0.2, 0.25) is 0 Å². The summed E-state index contributed by atoms with van der Waals surface area (Å²) in [5.74, 6) is 0.